The van der Waals surface area contributed by atoms with Gasteiger partial charge in [-0.2, -0.15) is 13.2 Å². The standard InChI is InChI=1S/C12H13F3N2O2/c1-16-10-6-19-5-8(10)11(18)7-4-17-3-2-9(7)12(13,14)15/h2-4,8,10,16H,5-6H2,1H3. The predicted molar refractivity (Wildman–Crippen MR) is 60.7 cm³/mol. The Balaban J connectivity index is 2.34. The number of ether oxygens (including phenoxy) is 1. The summed E-state index contributed by atoms with van der Waals surface area (Å²) in [5.74, 6) is -1.20. The van der Waals surface area contributed by atoms with Crippen LogP contribution in [-0.2, 0) is 10.9 Å². The van der Waals surface area contributed by atoms with Gasteiger partial charge in [0, 0.05) is 24.0 Å². The van der Waals surface area contributed by atoms with Gasteiger partial charge in [0.25, 0.3) is 0 Å². The van der Waals surface area contributed by atoms with Crippen LogP contribution in [0.1, 0.15) is 15.9 Å². The molecule has 0 aromatic carbocycles. The molecule has 1 aromatic rings. The summed E-state index contributed by atoms with van der Waals surface area (Å²) in [7, 11) is 1.65. The molecule has 2 unspecified atom stereocenters. The van der Waals surface area contributed by atoms with E-state index >= 15 is 0 Å². The summed E-state index contributed by atoms with van der Waals surface area (Å²) in [6.45, 7) is 0.436. The van der Waals surface area contributed by atoms with E-state index in [2.05, 4.69) is 10.3 Å². The molecule has 1 aromatic heterocycles. The highest BCUT2D eigenvalue weighted by atomic mass is 19.4. The summed E-state index contributed by atoms with van der Waals surface area (Å²) in [5.41, 5.74) is -1.35. The molecular weight excluding hydrogens is 261 g/mol. The van der Waals surface area contributed by atoms with E-state index in [0.29, 0.717) is 6.61 Å². The van der Waals surface area contributed by atoms with Crippen molar-refractivity contribution >= 4 is 5.78 Å². The van der Waals surface area contributed by atoms with Gasteiger partial charge in [-0.15, -0.1) is 0 Å². The molecule has 2 heterocycles. The third-order valence-corrected chi connectivity index (χ3v) is 3.18. The Bertz CT molecular complexity index is 476. The largest absolute Gasteiger partial charge is 0.417 e. The second kappa shape index (κ2) is 5.26. The molecule has 2 rings (SSSR count). The van der Waals surface area contributed by atoms with Crippen molar-refractivity contribution in [1.29, 1.82) is 0 Å². The molecule has 0 saturated carbocycles. The van der Waals surface area contributed by atoms with Gasteiger partial charge in [0.2, 0.25) is 0 Å². The van der Waals surface area contributed by atoms with Crippen LogP contribution in [-0.4, -0.2) is 37.1 Å². The Morgan fingerprint density at radius 1 is 1.47 bits per heavy atom. The summed E-state index contributed by atoms with van der Waals surface area (Å²) in [5, 5.41) is 2.88. The zero-order chi connectivity index (χ0) is 14.0. The lowest BCUT2D eigenvalue weighted by molar-refractivity contribution is -0.138. The minimum absolute atomic E-state index is 0.122. The first-order valence-corrected chi connectivity index (χ1v) is 5.75. The zero-order valence-electron chi connectivity index (χ0n) is 10.2. The van der Waals surface area contributed by atoms with Crippen LogP contribution in [0.2, 0.25) is 0 Å². The van der Waals surface area contributed by atoms with E-state index in [1.54, 1.807) is 7.05 Å². The van der Waals surface area contributed by atoms with Crippen molar-refractivity contribution in [2.75, 3.05) is 20.3 Å². The summed E-state index contributed by atoms with van der Waals surface area (Å²) in [6.07, 6.45) is -2.57. The van der Waals surface area contributed by atoms with E-state index < -0.39 is 29.0 Å². The second-order valence-corrected chi connectivity index (χ2v) is 4.32. The maximum absolute atomic E-state index is 12.8. The monoisotopic (exact) mass is 274 g/mol. The van der Waals surface area contributed by atoms with Gasteiger partial charge in [0.1, 0.15) is 0 Å². The van der Waals surface area contributed by atoms with Crippen molar-refractivity contribution in [3.63, 3.8) is 0 Å². The number of carbonyl (C=O) groups is 1. The molecule has 0 radical (unpaired) electrons. The van der Waals surface area contributed by atoms with Crippen LogP contribution >= 0.6 is 0 Å². The molecule has 1 aliphatic rings. The molecule has 1 fully saturated rings. The number of pyridine rings is 1. The van der Waals surface area contributed by atoms with E-state index in [1.807, 2.05) is 0 Å². The Morgan fingerprint density at radius 3 is 2.84 bits per heavy atom. The number of hydrogen-bond donors (Lipinski definition) is 1. The fourth-order valence-electron chi connectivity index (χ4n) is 2.13. The van der Waals surface area contributed by atoms with Crippen LogP contribution in [0, 0.1) is 5.92 Å². The van der Waals surface area contributed by atoms with Crippen molar-refractivity contribution < 1.29 is 22.7 Å². The third kappa shape index (κ3) is 2.76. The van der Waals surface area contributed by atoms with Crippen molar-refractivity contribution in [1.82, 2.24) is 10.3 Å². The molecule has 0 spiro atoms. The van der Waals surface area contributed by atoms with Crippen LogP contribution < -0.4 is 5.32 Å². The van der Waals surface area contributed by atoms with E-state index in [4.69, 9.17) is 4.74 Å². The van der Waals surface area contributed by atoms with Crippen molar-refractivity contribution in [2.45, 2.75) is 12.2 Å². The molecule has 4 nitrogen and oxygen atoms in total. The highest BCUT2D eigenvalue weighted by molar-refractivity contribution is 5.99. The van der Waals surface area contributed by atoms with Gasteiger partial charge >= 0.3 is 6.18 Å². The molecule has 7 heteroatoms. The van der Waals surface area contributed by atoms with Gasteiger partial charge in [-0.3, -0.25) is 9.78 Å². The highest BCUT2D eigenvalue weighted by Crippen LogP contribution is 2.33. The van der Waals surface area contributed by atoms with Crippen molar-refractivity contribution in [3.05, 3.63) is 29.6 Å². The quantitative estimate of drug-likeness (QED) is 0.849. The number of rotatable bonds is 3. The number of likely N-dealkylation sites (N-methyl/N-ethyl adjacent to an activating group) is 1. The molecule has 0 amide bonds. The first-order valence-electron chi connectivity index (χ1n) is 5.75. The van der Waals surface area contributed by atoms with Crippen LogP contribution in [0.3, 0.4) is 0 Å². The predicted octanol–water partition coefficient (Wildman–Crippen LogP) is 1.52. The van der Waals surface area contributed by atoms with Crippen LogP contribution in [0.15, 0.2) is 18.5 Å². The molecule has 1 saturated heterocycles. The summed E-state index contributed by atoms with van der Waals surface area (Å²) >= 11 is 0. The lowest BCUT2D eigenvalue weighted by Crippen LogP contribution is -2.37. The minimum Gasteiger partial charge on any atom is -0.379 e. The number of halogens is 3. The van der Waals surface area contributed by atoms with Crippen LogP contribution in [0.5, 0.6) is 0 Å². The van der Waals surface area contributed by atoms with Crippen LogP contribution in [0.4, 0.5) is 13.2 Å². The average molecular weight is 274 g/mol. The Hall–Kier alpha value is -1.47. The topological polar surface area (TPSA) is 51.2 Å². The SMILES string of the molecule is CNC1COCC1C(=O)c1cnccc1C(F)(F)F. The Morgan fingerprint density at radius 2 is 2.21 bits per heavy atom. The molecule has 0 aliphatic carbocycles. The van der Waals surface area contributed by atoms with Gasteiger partial charge in [0.05, 0.1) is 24.7 Å². The molecule has 0 bridgehead atoms. The minimum atomic E-state index is -4.57. The van der Waals surface area contributed by atoms with Gasteiger partial charge in [0.15, 0.2) is 5.78 Å². The smallest absolute Gasteiger partial charge is 0.379 e. The molecule has 1 N–H and O–H groups in total. The number of carbonyl (C=O) groups excluding carboxylic acids is 1. The molecule has 2 atom stereocenters. The first kappa shape index (κ1) is 14.0. The fourth-order valence-corrected chi connectivity index (χ4v) is 2.13. The fraction of sp³-hybridized carbons (Fsp3) is 0.500. The maximum Gasteiger partial charge on any atom is 0.417 e. The third-order valence-electron chi connectivity index (χ3n) is 3.18. The van der Waals surface area contributed by atoms with Crippen molar-refractivity contribution in [3.8, 4) is 0 Å². The number of nitrogens with one attached hydrogen (secondary N) is 1. The second-order valence-electron chi connectivity index (χ2n) is 4.32. The number of hydrogen-bond acceptors (Lipinski definition) is 4. The lowest BCUT2D eigenvalue weighted by Gasteiger charge is -2.18. The maximum atomic E-state index is 12.8. The van der Waals surface area contributed by atoms with Gasteiger partial charge in [-0.25, -0.2) is 0 Å². The van der Waals surface area contributed by atoms with Gasteiger partial charge < -0.3 is 10.1 Å². The zero-order valence-corrected chi connectivity index (χ0v) is 10.2. The van der Waals surface area contributed by atoms with Gasteiger partial charge in [-0.05, 0) is 13.1 Å². The summed E-state index contributed by atoms with van der Waals surface area (Å²) in [6, 6.07) is 0.547. The van der Waals surface area contributed by atoms with E-state index in [0.717, 1.165) is 18.5 Å². The van der Waals surface area contributed by atoms with E-state index in [1.165, 1.54) is 0 Å². The molecule has 1 aliphatic heterocycles. The summed E-state index contributed by atoms with van der Waals surface area (Å²) in [4.78, 5) is 15.8. The number of Topliss-reactive ketones (excluding diaryl/α,β-unsaturated/α-hetero) is 1. The Labute approximate surface area is 108 Å². The average Bonchev–Trinajstić information content (AvgIpc) is 2.85. The van der Waals surface area contributed by atoms with E-state index in [-0.39, 0.29) is 12.6 Å². The van der Waals surface area contributed by atoms with Gasteiger partial charge in [-0.1, -0.05) is 0 Å². The van der Waals surface area contributed by atoms with E-state index in [9.17, 15) is 18.0 Å². The number of aromatic nitrogens is 1. The molecule has 104 valence electrons. The lowest BCUT2D eigenvalue weighted by atomic mass is 9.92. The first-order chi connectivity index (χ1) is 8.95. The van der Waals surface area contributed by atoms with Crippen molar-refractivity contribution in [2.24, 2.45) is 5.92 Å². The normalized spacial score (nSPS) is 23.6. The number of nitrogens with zero attached hydrogens (tertiary/aromatic N) is 1. The molecule has 19 heavy (non-hydrogen) atoms. The molecular formula is C12H13F3N2O2. The number of ketones is 1. The van der Waals surface area contributed by atoms with Crippen LogP contribution in [0.25, 0.3) is 0 Å². The summed E-state index contributed by atoms with van der Waals surface area (Å²) < 4.78 is 43.7. The Kier molecular flexibility index (Phi) is 3.86. The number of alkyl halides is 3. The highest BCUT2D eigenvalue weighted by Gasteiger charge is 2.40.